The highest BCUT2D eigenvalue weighted by Crippen LogP contribution is 2.25. The van der Waals surface area contributed by atoms with Gasteiger partial charge >= 0.3 is 5.97 Å². The molecule has 4 nitrogen and oxygen atoms in total. The number of ether oxygens (including phenoxy) is 1. The van der Waals surface area contributed by atoms with Crippen LogP contribution in [0, 0.1) is 0 Å². The van der Waals surface area contributed by atoms with Crippen molar-refractivity contribution in [1.82, 2.24) is 0 Å². The molecule has 0 fully saturated rings. The molecule has 0 aliphatic heterocycles. The number of phenols is 2. The van der Waals surface area contributed by atoms with Crippen molar-refractivity contribution < 1.29 is 19.7 Å². The zero-order valence-corrected chi connectivity index (χ0v) is 10.4. The largest absolute Gasteiger partial charge is 0.504 e. The molecule has 0 amide bonds. The maximum Gasteiger partial charge on any atom is 0.330 e. The van der Waals surface area contributed by atoms with Crippen molar-refractivity contribution in [2.24, 2.45) is 0 Å². The maximum absolute atomic E-state index is 11.3. The first-order valence-corrected chi connectivity index (χ1v) is 6.00. The smallest absolute Gasteiger partial charge is 0.330 e. The number of aromatic hydroxyl groups is 2. The topological polar surface area (TPSA) is 66.8 Å². The highest BCUT2D eigenvalue weighted by Gasteiger charge is 2.00. The minimum Gasteiger partial charge on any atom is -0.504 e. The van der Waals surface area contributed by atoms with E-state index >= 15 is 0 Å². The van der Waals surface area contributed by atoms with E-state index in [1.165, 1.54) is 24.3 Å². The molecule has 0 aliphatic rings. The second-order valence-corrected chi connectivity index (χ2v) is 3.96. The van der Waals surface area contributed by atoms with E-state index in [4.69, 9.17) is 9.84 Å². The SMILES string of the molecule is CCCCCOC(=O)/C=C/c1ccc(O)c(O)c1. The van der Waals surface area contributed by atoms with Gasteiger partial charge in [-0.05, 0) is 30.2 Å². The van der Waals surface area contributed by atoms with Gasteiger partial charge in [-0.1, -0.05) is 25.8 Å². The average Bonchev–Trinajstić information content (AvgIpc) is 2.36. The van der Waals surface area contributed by atoms with E-state index in [1.807, 2.05) is 0 Å². The zero-order chi connectivity index (χ0) is 13.4. The minimum absolute atomic E-state index is 0.186. The molecule has 18 heavy (non-hydrogen) atoms. The van der Waals surface area contributed by atoms with Crippen LogP contribution in [0.2, 0.25) is 0 Å². The first-order chi connectivity index (χ1) is 8.63. The first-order valence-electron chi connectivity index (χ1n) is 6.00. The van der Waals surface area contributed by atoms with Crippen LogP contribution in [0.25, 0.3) is 6.08 Å². The molecule has 1 aromatic rings. The van der Waals surface area contributed by atoms with E-state index in [2.05, 4.69) is 6.92 Å². The summed E-state index contributed by atoms with van der Waals surface area (Å²) in [7, 11) is 0. The normalized spacial score (nSPS) is 10.7. The fourth-order valence-corrected chi connectivity index (χ4v) is 1.38. The summed E-state index contributed by atoms with van der Waals surface area (Å²) in [5.74, 6) is -0.804. The fourth-order valence-electron chi connectivity index (χ4n) is 1.38. The van der Waals surface area contributed by atoms with Crippen molar-refractivity contribution in [3.05, 3.63) is 29.8 Å². The average molecular weight is 250 g/mol. The van der Waals surface area contributed by atoms with Gasteiger partial charge in [-0.3, -0.25) is 0 Å². The molecule has 0 aromatic heterocycles. The van der Waals surface area contributed by atoms with E-state index in [9.17, 15) is 9.90 Å². The van der Waals surface area contributed by atoms with Gasteiger partial charge in [0.25, 0.3) is 0 Å². The van der Waals surface area contributed by atoms with Crippen molar-refractivity contribution >= 4 is 12.0 Å². The Morgan fingerprint density at radius 2 is 2.06 bits per heavy atom. The first kappa shape index (κ1) is 14.1. The Hall–Kier alpha value is -1.97. The summed E-state index contributed by atoms with van der Waals surface area (Å²) in [5.41, 5.74) is 0.621. The Morgan fingerprint density at radius 3 is 2.72 bits per heavy atom. The summed E-state index contributed by atoms with van der Waals surface area (Å²) in [6.07, 6.45) is 5.83. The van der Waals surface area contributed by atoms with Crippen molar-refractivity contribution in [3.63, 3.8) is 0 Å². The molecule has 2 N–H and O–H groups in total. The molecule has 0 spiro atoms. The number of esters is 1. The summed E-state index contributed by atoms with van der Waals surface area (Å²) in [5, 5.41) is 18.4. The zero-order valence-electron chi connectivity index (χ0n) is 10.4. The number of carbonyl (C=O) groups excluding carboxylic acids is 1. The molecule has 4 heteroatoms. The summed E-state index contributed by atoms with van der Waals surface area (Å²) < 4.78 is 4.98. The lowest BCUT2D eigenvalue weighted by Crippen LogP contribution is -2.01. The van der Waals surface area contributed by atoms with Crippen LogP contribution in [0.4, 0.5) is 0 Å². The molecule has 0 atom stereocenters. The summed E-state index contributed by atoms with van der Waals surface area (Å²) in [6.45, 7) is 2.51. The molecule has 1 aromatic carbocycles. The van der Waals surface area contributed by atoms with E-state index < -0.39 is 5.97 Å². The van der Waals surface area contributed by atoms with Crippen LogP contribution >= 0.6 is 0 Å². The number of carbonyl (C=O) groups is 1. The van der Waals surface area contributed by atoms with Crippen molar-refractivity contribution in [2.75, 3.05) is 6.61 Å². The Bertz CT molecular complexity index is 424. The van der Waals surface area contributed by atoms with E-state index in [0.29, 0.717) is 12.2 Å². The highest BCUT2D eigenvalue weighted by atomic mass is 16.5. The molecule has 0 radical (unpaired) electrons. The summed E-state index contributed by atoms with van der Waals surface area (Å²) in [6, 6.07) is 4.33. The molecule has 1 rings (SSSR count). The third-order valence-electron chi connectivity index (χ3n) is 2.40. The lowest BCUT2D eigenvalue weighted by molar-refractivity contribution is -0.137. The van der Waals surface area contributed by atoms with Crippen molar-refractivity contribution in [1.29, 1.82) is 0 Å². The van der Waals surface area contributed by atoms with E-state index in [1.54, 1.807) is 6.07 Å². The van der Waals surface area contributed by atoms with Gasteiger partial charge in [0.1, 0.15) is 0 Å². The van der Waals surface area contributed by atoms with Crippen LogP contribution in [0.1, 0.15) is 31.7 Å². The van der Waals surface area contributed by atoms with Crippen LogP contribution in [-0.4, -0.2) is 22.8 Å². The van der Waals surface area contributed by atoms with Gasteiger partial charge in [0.05, 0.1) is 6.61 Å². The molecule has 98 valence electrons. The number of rotatable bonds is 6. The van der Waals surface area contributed by atoms with Crippen LogP contribution in [-0.2, 0) is 9.53 Å². The number of hydrogen-bond donors (Lipinski definition) is 2. The molecule has 0 saturated heterocycles. The van der Waals surface area contributed by atoms with Gasteiger partial charge in [0, 0.05) is 6.08 Å². The molecule has 0 saturated carbocycles. The van der Waals surface area contributed by atoms with Gasteiger partial charge in [-0.2, -0.15) is 0 Å². The molecule has 0 bridgehead atoms. The lowest BCUT2D eigenvalue weighted by atomic mass is 10.2. The van der Waals surface area contributed by atoms with Crippen molar-refractivity contribution in [3.8, 4) is 11.5 Å². The Morgan fingerprint density at radius 1 is 1.28 bits per heavy atom. The van der Waals surface area contributed by atoms with Gasteiger partial charge < -0.3 is 14.9 Å². The number of unbranched alkanes of at least 4 members (excludes halogenated alkanes) is 2. The molecular formula is C14H18O4. The Balaban J connectivity index is 2.43. The van der Waals surface area contributed by atoms with Gasteiger partial charge in [0.2, 0.25) is 0 Å². The standard InChI is InChI=1S/C14H18O4/c1-2-3-4-9-18-14(17)8-6-11-5-7-12(15)13(16)10-11/h5-8,10,15-16H,2-4,9H2,1H3/b8-6+. The Labute approximate surface area is 107 Å². The fraction of sp³-hybridized carbons (Fsp3) is 0.357. The van der Waals surface area contributed by atoms with Crippen LogP contribution in [0.3, 0.4) is 0 Å². The van der Waals surface area contributed by atoms with Crippen molar-refractivity contribution in [2.45, 2.75) is 26.2 Å². The molecular weight excluding hydrogens is 232 g/mol. The predicted molar refractivity (Wildman–Crippen MR) is 69.3 cm³/mol. The number of phenolic OH excluding ortho intramolecular Hbond substituents is 2. The quantitative estimate of drug-likeness (QED) is 0.352. The highest BCUT2D eigenvalue weighted by molar-refractivity contribution is 5.87. The molecule has 0 heterocycles. The van der Waals surface area contributed by atoms with Gasteiger partial charge in [-0.25, -0.2) is 4.79 Å². The number of benzene rings is 1. The lowest BCUT2D eigenvalue weighted by Gasteiger charge is -2.01. The monoisotopic (exact) mass is 250 g/mol. The number of hydrogen-bond acceptors (Lipinski definition) is 4. The van der Waals surface area contributed by atoms with Crippen LogP contribution in [0.5, 0.6) is 11.5 Å². The molecule has 0 aliphatic carbocycles. The van der Waals surface area contributed by atoms with Gasteiger partial charge in [-0.15, -0.1) is 0 Å². The maximum atomic E-state index is 11.3. The summed E-state index contributed by atoms with van der Waals surface area (Å²) in [4.78, 5) is 11.3. The second-order valence-electron chi connectivity index (χ2n) is 3.96. The van der Waals surface area contributed by atoms with Crippen LogP contribution < -0.4 is 0 Å². The van der Waals surface area contributed by atoms with Gasteiger partial charge in [0.15, 0.2) is 11.5 Å². The predicted octanol–water partition coefficient (Wildman–Crippen LogP) is 2.84. The molecule has 0 unspecified atom stereocenters. The summed E-state index contributed by atoms with van der Waals surface area (Å²) >= 11 is 0. The minimum atomic E-state index is -0.404. The third kappa shape index (κ3) is 4.91. The van der Waals surface area contributed by atoms with Crippen LogP contribution in [0.15, 0.2) is 24.3 Å². The van der Waals surface area contributed by atoms with E-state index in [-0.39, 0.29) is 11.5 Å². The third-order valence-corrected chi connectivity index (χ3v) is 2.40. The Kier molecular flexibility index (Phi) is 5.77. The second kappa shape index (κ2) is 7.37. The van der Waals surface area contributed by atoms with E-state index in [0.717, 1.165) is 19.3 Å².